The first-order valence-electron chi connectivity index (χ1n) is 27.6. The number of esters is 3. The van der Waals surface area contributed by atoms with Crippen molar-refractivity contribution in [2.24, 2.45) is 0 Å². The molecule has 0 bridgehead atoms. The van der Waals surface area contributed by atoms with Crippen LogP contribution in [-0.4, -0.2) is 37.2 Å². The third-order valence-electron chi connectivity index (χ3n) is 10.7. The highest BCUT2D eigenvalue weighted by molar-refractivity contribution is 5.71. The molecule has 6 heteroatoms. The van der Waals surface area contributed by atoms with Crippen molar-refractivity contribution in [1.82, 2.24) is 0 Å². The summed E-state index contributed by atoms with van der Waals surface area (Å²) in [5.41, 5.74) is 0. The van der Waals surface area contributed by atoms with Crippen LogP contribution in [0.2, 0.25) is 0 Å². The van der Waals surface area contributed by atoms with Crippen LogP contribution < -0.4 is 0 Å². The standard InChI is InChI=1S/C65H98O6/c1-4-7-10-13-16-19-22-25-28-30-32-34-37-40-43-46-49-52-55-58-64(67)70-61-62(60-69-63(66)57-54-51-48-45-42-39-36-27-24-21-18-15-12-9-6-3)71-65(68)59-56-53-50-47-44-41-38-35-33-31-29-26-23-20-17-14-11-8-5-2/h7-12,16-21,25-29,32-36,40-41,43-44,50,53,62H,4-6,13-15,22-24,30-31,37-39,42,45-49,51-52,54-61H2,1-3H3/b10-7-,11-8-,12-9-,19-16-,20-17-,21-18-,28-25-,29-26-,34-32-,35-33-,36-27-,43-40-,44-41-,53-50-/t62-/m0/s1. The van der Waals surface area contributed by atoms with Crippen molar-refractivity contribution >= 4 is 17.9 Å². The summed E-state index contributed by atoms with van der Waals surface area (Å²) < 4.78 is 16.7. The Hall–Kier alpha value is -5.23. The molecule has 0 radical (unpaired) electrons. The van der Waals surface area contributed by atoms with Gasteiger partial charge in [-0.25, -0.2) is 0 Å². The van der Waals surface area contributed by atoms with E-state index < -0.39 is 12.1 Å². The Balaban J connectivity index is 4.64. The molecule has 0 unspecified atom stereocenters. The number of carbonyl (C=O) groups excluding carboxylic acids is 3. The van der Waals surface area contributed by atoms with Crippen molar-refractivity contribution in [3.63, 3.8) is 0 Å². The molecule has 0 rings (SSSR count). The number of allylic oxidation sites excluding steroid dienone is 28. The lowest BCUT2D eigenvalue weighted by Crippen LogP contribution is -2.30. The lowest BCUT2D eigenvalue weighted by atomic mass is 10.1. The summed E-state index contributed by atoms with van der Waals surface area (Å²) in [4.78, 5) is 38.1. The van der Waals surface area contributed by atoms with Crippen LogP contribution in [-0.2, 0) is 28.6 Å². The third kappa shape index (κ3) is 55.6. The highest BCUT2D eigenvalue weighted by atomic mass is 16.6. The fourth-order valence-corrected chi connectivity index (χ4v) is 6.68. The molecular formula is C65H98O6. The van der Waals surface area contributed by atoms with Gasteiger partial charge in [0.1, 0.15) is 13.2 Å². The van der Waals surface area contributed by atoms with Crippen molar-refractivity contribution < 1.29 is 28.6 Å². The van der Waals surface area contributed by atoms with Crippen LogP contribution in [0.15, 0.2) is 170 Å². The quantitative estimate of drug-likeness (QED) is 0.0262. The zero-order valence-corrected chi connectivity index (χ0v) is 44.9. The molecule has 0 saturated carbocycles. The molecule has 1 atom stereocenters. The van der Waals surface area contributed by atoms with E-state index in [1.807, 2.05) is 12.2 Å². The normalized spacial score (nSPS) is 13.5. The molecule has 71 heavy (non-hydrogen) atoms. The summed E-state index contributed by atoms with van der Waals surface area (Å²) in [5, 5.41) is 0. The molecule has 0 amide bonds. The summed E-state index contributed by atoms with van der Waals surface area (Å²) in [6, 6.07) is 0. The Bertz CT molecular complexity index is 1690. The molecule has 6 nitrogen and oxygen atoms in total. The van der Waals surface area contributed by atoms with Gasteiger partial charge in [-0.2, -0.15) is 0 Å². The SMILES string of the molecule is CC/C=C\C/C=C\C/C=C\C/C=C\C/C=C\C/C=C\CCC(=O)O[C@H](COC(=O)CCCCC/C=C\C/C=C\C/C=C\C/C=C\C/C=C\CC)COC(=O)CCCCCCC/C=C\C/C=C\C/C=C\CC. The third-order valence-corrected chi connectivity index (χ3v) is 10.7. The summed E-state index contributed by atoms with van der Waals surface area (Å²) >= 11 is 0. The van der Waals surface area contributed by atoms with Crippen LogP contribution >= 0.6 is 0 Å². The van der Waals surface area contributed by atoms with Crippen molar-refractivity contribution in [3.8, 4) is 0 Å². The second-order valence-electron chi connectivity index (χ2n) is 17.3. The van der Waals surface area contributed by atoms with E-state index in [0.29, 0.717) is 19.3 Å². The highest BCUT2D eigenvalue weighted by Gasteiger charge is 2.19. The lowest BCUT2D eigenvalue weighted by Gasteiger charge is -2.18. The molecule has 0 fully saturated rings. The number of carbonyl (C=O) groups is 3. The zero-order valence-electron chi connectivity index (χ0n) is 44.9. The zero-order chi connectivity index (χ0) is 51.4. The van der Waals surface area contributed by atoms with Crippen LogP contribution in [0, 0.1) is 0 Å². The van der Waals surface area contributed by atoms with Gasteiger partial charge in [-0.1, -0.05) is 217 Å². The van der Waals surface area contributed by atoms with E-state index >= 15 is 0 Å². The Morgan fingerprint density at radius 1 is 0.282 bits per heavy atom. The number of hydrogen-bond donors (Lipinski definition) is 0. The van der Waals surface area contributed by atoms with Gasteiger partial charge in [-0.15, -0.1) is 0 Å². The molecule has 0 aliphatic carbocycles. The monoisotopic (exact) mass is 975 g/mol. The largest absolute Gasteiger partial charge is 0.462 e. The van der Waals surface area contributed by atoms with Crippen molar-refractivity contribution in [2.45, 2.75) is 207 Å². The van der Waals surface area contributed by atoms with E-state index in [4.69, 9.17) is 14.2 Å². The maximum atomic E-state index is 12.8. The summed E-state index contributed by atoms with van der Waals surface area (Å²) in [6.07, 6.45) is 84.9. The topological polar surface area (TPSA) is 78.9 Å². The average molecular weight is 975 g/mol. The van der Waals surface area contributed by atoms with Crippen LogP contribution in [0.4, 0.5) is 0 Å². The Morgan fingerprint density at radius 3 is 0.859 bits per heavy atom. The number of hydrogen-bond acceptors (Lipinski definition) is 6. The molecule has 0 N–H and O–H groups in total. The van der Waals surface area contributed by atoms with Gasteiger partial charge in [0.2, 0.25) is 0 Å². The highest BCUT2D eigenvalue weighted by Crippen LogP contribution is 2.11. The van der Waals surface area contributed by atoms with Crippen molar-refractivity contribution in [3.05, 3.63) is 170 Å². The minimum absolute atomic E-state index is 0.137. The first-order chi connectivity index (χ1) is 35.0. The van der Waals surface area contributed by atoms with E-state index in [1.54, 1.807) is 0 Å². The summed E-state index contributed by atoms with van der Waals surface area (Å²) in [6.45, 7) is 6.17. The van der Waals surface area contributed by atoms with Crippen LogP contribution in [0.1, 0.15) is 201 Å². The molecule has 0 aliphatic heterocycles. The van der Waals surface area contributed by atoms with Gasteiger partial charge in [0.25, 0.3) is 0 Å². The van der Waals surface area contributed by atoms with E-state index in [-0.39, 0.29) is 31.6 Å². The number of ether oxygens (including phenoxy) is 3. The van der Waals surface area contributed by atoms with Crippen LogP contribution in [0.25, 0.3) is 0 Å². The first-order valence-corrected chi connectivity index (χ1v) is 27.6. The van der Waals surface area contributed by atoms with Gasteiger partial charge < -0.3 is 14.2 Å². The molecular weight excluding hydrogens is 877 g/mol. The van der Waals surface area contributed by atoms with E-state index in [0.717, 1.165) is 154 Å². The Labute approximate surface area is 434 Å². The molecule has 0 saturated heterocycles. The van der Waals surface area contributed by atoms with Gasteiger partial charge in [0, 0.05) is 19.3 Å². The van der Waals surface area contributed by atoms with Crippen molar-refractivity contribution in [2.75, 3.05) is 13.2 Å². The molecule has 0 aromatic carbocycles. The lowest BCUT2D eigenvalue weighted by molar-refractivity contribution is -0.166. The maximum absolute atomic E-state index is 12.8. The maximum Gasteiger partial charge on any atom is 0.306 e. The van der Waals surface area contributed by atoms with Gasteiger partial charge >= 0.3 is 17.9 Å². The van der Waals surface area contributed by atoms with Gasteiger partial charge in [-0.3, -0.25) is 14.4 Å². The van der Waals surface area contributed by atoms with Gasteiger partial charge in [-0.05, 0) is 135 Å². The van der Waals surface area contributed by atoms with Gasteiger partial charge in [0.15, 0.2) is 6.10 Å². The van der Waals surface area contributed by atoms with E-state index in [2.05, 4.69) is 179 Å². The molecule has 0 aromatic rings. The molecule has 394 valence electrons. The number of unbranched alkanes of at least 4 members (excludes halogenated alkanes) is 8. The predicted octanol–water partition coefficient (Wildman–Crippen LogP) is 18.8. The fraction of sp³-hybridized carbons (Fsp3) is 0.523. The second-order valence-corrected chi connectivity index (χ2v) is 17.3. The molecule has 0 aliphatic rings. The van der Waals surface area contributed by atoms with E-state index in [1.165, 1.54) is 0 Å². The minimum atomic E-state index is -0.850. The van der Waals surface area contributed by atoms with E-state index in [9.17, 15) is 14.4 Å². The van der Waals surface area contributed by atoms with Gasteiger partial charge in [0.05, 0.1) is 0 Å². The molecule has 0 aromatic heterocycles. The summed E-state index contributed by atoms with van der Waals surface area (Å²) in [7, 11) is 0. The van der Waals surface area contributed by atoms with Crippen molar-refractivity contribution in [1.29, 1.82) is 0 Å². The predicted molar refractivity (Wildman–Crippen MR) is 306 cm³/mol. The fourth-order valence-electron chi connectivity index (χ4n) is 6.68. The average Bonchev–Trinajstić information content (AvgIpc) is 3.37. The number of rotatable bonds is 47. The Morgan fingerprint density at radius 2 is 0.535 bits per heavy atom. The molecule has 0 heterocycles. The first kappa shape index (κ1) is 65.8. The molecule has 0 spiro atoms. The second kappa shape index (κ2) is 57.3. The smallest absolute Gasteiger partial charge is 0.306 e. The minimum Gasteiger partial charge on any atom is -0.462 e. The van der Waals surface area contributed by atoms with Crippen LogP contribution in [0.3, 0.4) is 0 Å². The van der Waals surface area contributed by atoms with Crippen LogP contribution in [0.5, 0.6) is 0 Å². The summed E-state index contributed by atoms with van der Waals surface area (Å²) in [5.74, 6) is -1.08. The Kier molecular flexibility index (Phi) is 53.1.